The van der Waals surface area contributed by atoms with Crippen LogP contribution in [-0.2, 0) is 12.4 Å². The van der Waals surface area contributed by atoms with Gasteiger partial charge in [-0.3, -0.25) is 19.6 Å². The topological polar surface area (TPSA) is 143 Å². The number of nitrogens with one attached hydrogen (secondary N) is 2. The van der Waals surface area contributed by atoms with Gasteiger partial charge in [-0.1, -0.05) is 36.4 Å². The minimum absolute atomic E-state index is 0.107. The fourth-order valence-electron chi connectivity index (χ4n) is 7.14. The zero-order valence-electron chi connectivity index (χ0n) is 35.8. The van der Waals surface area contributed by atoms with Crippen LogP contribution in [0.4, 0.5) is 26.3 Å². The average Bonchev–Trinajstić information content (AvgIpc) is 3.34. The molecule has 0 unspecified atom stereocenters. The lowest BCUT2D eigenvalue weighted by Gasteiger charge is -2.17. The Labute approximate surface area is 385 Å². The first-order chi connectivity index (χ1) is 32.7. The highest BCUT2D eigenvalue weighted by molar-refractivity contribution is 6.01. The van der Waals surface area contributed by atoms with Gasteiger partial charge in [0.2, 0.25) is 0 Å². The zero-order chi connectivity index (χ0) is 48.3. The van der Waals surface area contributed by atoms with E-state index in [4.69, 9.17) is 9.47 Å². The van der Waals surface area contributed by atoms with Gasteiger partial charge >= 0.3 is 12.4 Å². The van der Waals surface area contributed by atoms with Crippen LogP contribution in [0.25, 0.3) is 21.5 Å². The molecule has 0 saturated carbocycles. The van der Waals surface area contributed by atoms with Gasteiger partial charge in [-0.25, -0.2) is 0 Å². The number of fused-ring (bicyclic) bond motifs is 2. The van der Waals surface area contributed by atoms with Crippen molar-refractivity contribution in [3.63, 3.8) is 0 Å². The molecular formula is C52H42F6N4O6. The summed E-state index contributed by atoms with van der Waals surface area (Å²) in [6.07, 6.45) is -4.94. The molecule has 16 heteroatoms. The van der Waals surface area contributed by atoms with E-state index < -0.39 is 35.6 Å². The van der Waals surface area contributed by atoms with Gasteiger partial charge in [0.05, 0.1) is 34.6 Å². The lowest BCUT2D eigenvalue weighted by atomic mass is 10.0. The molecule has 0 aliphatic carbocycles. The van der Waals surface area contributed by atoms with E-state index in [0.29, 0.717) is 57.6 Å². The molecule has 2 heterocycles. The van der Waals surface area contributed by atoms with Crippen molar-refractivity contribution >= 4 is 33.4 Å². The van der Waals surface area contributed by atoms with Gasteiger partial charge in [0.25, 0.3) is 11.8 Å². The van der Waals surface area contributed by atoms with Crippen LogP contribution in [0.5, 0.6) is 23.0 Å². The lowest BCUT2D eigenvalue weighted by molar-refractivity contribution is -0.138. The summed E-state index contributed by atoms with van der Waals surface area (Å²) in [7, 11) is 0. The number of alkyl halides is 6. The normalized spacial score (nSPS) is 12.4. The van der Waals surface area contributed by atoms with Gasteiger partial charge in [0.15, 0.2) is 0 Å². The first-order valence-corrected chi connectivity index (χ1v) is 21.1. The van der Waals surface area contributed by atoms with E-state index >= 15 is 0 Å². The first-order valence-electron chi connectivity index (χ1n) is 21.1. The first kappa shape index (κ1) is 48.1. The number of rotatable bonds is 14. The smallest absolute Gasteiger partial charge is 0.416 e. The summed E-state index contributed by atoms with van der Waals surface area (Å²) < 4.78 is 88.3. The molecule has 2 aromatic heterocycles. The van der Waals surface area contributed by atoms with Gasteiger partial charge < -0.3 is 30.3 Å². The van der Waals surface area contributed by atoms with Crippen molar-refractivity contribution in [2.75, 3.05) is 13.2 Å². The number of aliphatic hydroxyl groups is 2. The van der Waals surface area contributed by atoms with Crippen molar-refractivity contribution < 1.29 is 55.6 Å². The average molecular weight is 933 g/mol. The van der Waals surface area contributed by atoms with Gasteiger partial charge in [-0.05, 0) is 145 Å². The molecule has 0 aliphatic heterocycles. The number of pyridine rings is 2. The van der Waals surface area contributed by atoms with E-state index in [0.717, 1.165) is 35.0 Å². The van der Waals surface area contributed by atoms with Crippen molar-refractivity contribution in [2.45, 2.75) is 37.3 Å². The summed E-state index contributed by atoms with van der Waals surface area (Å²) in [5.41, 5.74) is 0.629. The number of aliphatic hydroxyl groups excluding tert-OH is 2. The Bertz CT molecular complexity index is 2750. The number of amides is 2. The Hall–Kier alpha value is -7.82. The summed E-state index contributed by atoms with van der Waals surface area (Å²) in [6, 6.07) is 39.5. The summed E-state index contributed by atoms with van der Waals surface area (Å²) in [5, 5.41) is 27.4. The zero-order valence-corrected chi connectivity index (χ0v) is 35.8. The molecule has 10 nitrogen and oxygen atoms in total. The lowest BCUT2D eigenvalue weighted by Crippen LogP contribution is -2.29. The number of halogens is 6. The highest BCUT2D eigenvalue weighted by Crippen LogP contribution is 2.36. The molecule has 0 saturated heterocycles. The molecule has 4 N–H and O–H groups in total. The molecule has 6 aromatic carbocycles. The van der Waals surface area contributed by atoms with Crippen LogP contribution in [0.1, 0.15) is 68.2 Å². The number of aromatic nitrogens is 2. The Morgan fingerprint density at radius 2 is 0.897 bits per heavy atom. The number of hydrogen-bond acceptors (Lipinski definition) is 8. The molecule has 0 aliphatic rings. The second kappa shape index (κ2) is 21.7. The highest BCUT2D eigenvalue weighted by Gasteiger charge is 2.31. The van der Waals surface area contributed by atoms with E-state index in [1.54, 1.807) is 97.3 Å². The van der Waals surface area contributed by atoms with E-state index in [1.165, 1.54) is 24.3 Å². The maximum absolute atomic E-state index is 12.9. The van der Waals surface area contributed by atoms with Crippen molar-refractivity contribution in [1.29, 1.82) is 0 Å². The SMILES string of the molecule is O=C(N[C@@H](CCO)c1ccccn1)c1ccc2c(Oc3ccc(C(F)(F)F)cc3)cccc2c1.O=C(N[C@H](CCO)c1ccccn1)c1ccc2c(Oc3ccc(C(F)(F)F)cc3)cccc2c1. The predicted molar refractivity (Wildman–Crippen MR) is 243 cm³/mol. The van der Waals surface area contributed by atoms with Crippen LogP contribution in [0, 0.1) is 0 Å². The Kier molecular flexibility index (Phi) is 15.3. The largest absolute Gasteiger partial charge is 0.457 e. The molecule has 2 atom stereocenters. The van der Waals surface area contributed by atoms with Crippen LogP contribution in [-0.4, -0.2) is 45.2 Å². The second-order valence-electron chi connectivity index (χ2n) is 15.2. The van der Waals surface area contributed by atoms with Gasteiger partial charge in [-0.2, -0.15) is 26.3 Å². The minimum Gasteiger partial charge on any atom is -0.457 e. The number of carbonyl (C=O) groups excluding carboxylic acids is 2. The van der Waals surface area contributed by atoms with Gasteiger partial charge in [0.1, 0.15) is 23.0 Å². The quantitative estimate of drug-likeness (QED) is 0.0790. The van der Waals surface area contributed by atoms with Crippen LogP contribution >= 0.6 is 0 Å². The van der Waals surface area contributed by atoms with Crippen LogP contribution in [0.15, 0.2) is 170 Å². The molecule has 0 bridgehead atoms. The summed E-state index contributed by atoms with van der Waals surface area (Å²) in [6.45, 7) is -0.215. The van der Waals surface area contributed by atoms with Crippen LogP contribution in [0.2, 0.25) is 0 Å². The van der Waals surface area contributed by atoms with E-state index in [-0.39, 0.29) is 36.5 Å². The Morgan fingerprint density at radius 1 is 0.500 bits per heavy atom. The van der Waals surface area contributed by atoms with Crippen LogP contribution in [0.3, 0.4) is 0 Å². The molecule has 2 amide bonds. The van der Waals surface area contributed by atoms with E-state index in [9.17, 15) is 46.1 Å². The number of ether oxygens (including phenoxy) is 2. The molecule has 8 rings (SSSR count). The van der Waals surface area contributed by atoms with Crippen molar-refractivity contribution in [1.82, 2.24) is 20.6 Å². The van der Waals surface area contributed by atoms with Crippen molar-refractivity contribution in [3.8, 4) is 23.0 Å². The summed E-state index contributed by atoms with van der Waals surface area (Å²) >= 11 is 0. The third-order valence-electron chi connectivity index (χ3n) is 10.6. The molecule has 0 spiro atoms. The maximum atomic E-state index is 12.9. The maximum Gasteiger partial charge on any atom is 0.416 e. The predicted octanol–water partition coefficient (Wildman–Crippen LogP) is 11.8. The summed E-state index contributed by atoms with van der Waals surface area (Å²) in [5.74, 6) is 0.806. The standard InChI is InChI=1S/2C26H21F3N2O3/c2*27-26(28,29)19-8-10-20(11-9-19)34-24-6-3-4-17-16-18(7-12-21(17)24)25(33)31-23(13-15-32)22-5-1-2-14-30-22/h2*1-12,14,16,23,32H,13,15H2,(H,31,33)/t2*23-/m10/s1. The van der Waals surface area contributed by atoms with E-state index in [1.807, 2.05) is 24.3 Å². The molecule has 348 valence electrons. The fourth-order valence-corrected chi connectivity index (χ4v) is 7.14. The molecule has 0 radical (unpaired) electrons. The van der Waals surface area contributed by atoms with Crippen LogP contribution < -0.4 is 20.1 Å². The van der Waals surface area contributed by atoms with Crippen molar-refractivity contribution in [2.24, 2.45) is 0 Å². The monoisotopic (exact) mass is 932 g/mol. The molecule has 0 fully saturated rings. The summed E-state index contributed by atoms with van der Waals surface area (Å²) in [4.78, 5) is 34.3. The van der Waals surface area contributed by atoms with Crippen molar-refractivity contribution in [3.05, 3.63) is 204 Å². The Balaban J connectivity index is 0.000000201. The number of nitrogens with zero attached hydrogens (tertiary/aromatic N) is 2. The molecule has 68 heavy (non-hydrogen) atoms. The number of benzene rings is 6. The third-order valence-corrected chi connectivity index (χ3v) is 10.6. The Morgan fingerprint density at radius 3 is 1.24 bits per heavy atom. The number of carbonyl (C=O) groups is 2. The highest BCUT2D eigenvalue weighted by atomic mass is 19.4. The second-order valence-corrected chi connectivity index (χ2v) is 15.2. The minimum atomic E-state index is -4.41. The van der Waals surface area contributed by atoms with Gasteiger partial charge in [0, 0.05) is 47.5 Å². The third kappa shape index (κ3) is 12.3. The molecular weight excluding hydrogens is 891 g/mol. The van der Waals surface area contributed by atoms with Gasteiger partial charge in [-0.15, -0.1) is 0 Å². The molecule has 8 aromatic rings. The van der Waals surface area contributed by atoms with E-state index in [2.05, 4.69) is 20.6 Å². The fraction of sp³-hybridized carbons (Fsp3) is 0.154. The number of hydrogen-bond donors (Lipinski definition) is 4.